The first-order valence-corrected chi connectivity index (χ1v) is 9.37. The topological polar surface area (TPSA) is 49.4 Å². The normalized spacial score (nSPS) is 14.7. The molecule has 26 heavy (non-hydrogen) atoms. The van der Waals surface area contributed by atoms with Crippen LogP contribution in [-0.4, -0.2) is 24.9 Å². The molecule has 0 aliphatic heterocycles. The van der Waals surface area contributed by atoms with Gasteiger partial charge in [-0.15, -0.1) is 0 Å². The van der Waals surface area contributed by atoms with E-state index in [2.05, 4.69) is 5.32 Å². The summed E-state index contributed by atoms with van der Waals surface area (Å²) >= 11 is 5.99. The summed E-state index contributed by atoms with van der Waals surface area (Å²) in [6.07, 6.45) is 5.58. The molecule has 1 fully saturated rings. The highest BCUT2D eigenvalue weighted by Crippen LogP contribution is 2.23. The molecular weight excluding hydrogens is 348 g/mol. The average molecular weight is 371 g/mol. The molecule has 2 amide bonds. The van der Waals surface area contributed by atoms with Gasteiger partial charge in [-0.2, -0.15) is 0 Å². The van der Waals surface area contributed by atoms with Crippen molar-refractivity contribution in [1.29, 1.82) is 0 Å². The maximum absolute atomic E-state index is 12.8. The zero-order valence-electron chi connectivity index (χ0n) is 14.9. The van der Waals surface area contributed by atoms with Crippen LogP contribution in [-0.2, 0) is 0 Å². The Morgan fingerprint density at radius 3 is 2.50 bits per heavy atom. The lowest BCUT2D eigenvalue weighted by Gasteiger charge is -2.25. The smallest absolute Gasteiger partial charge is 0.258 e. The van der Waals surface area contributed by atoms with E-state index in [1.807, 2.05) is 12.1 Å². The molecule has 136 valence electrons. The van der Waals surface area contributed by atoms with Gasteiger partial charge in [0, 0.05) is 23.7 Å². The molecule has 0 saturated heterocycles. The van der Waals surface area contributed by atoms with Crippen LogP contribution < -0.4 is 10.2 Å². The lowest BCUT2D eigenvalue weighted by Crippen LogP contribution is -2.37. The summed E-state index contributed by atoms with van der Waals surface area (Å²) in [7, 11) is 1.68. The molecule has 2 aromatic carbocycles. The van der Waals surface area contributed by atoms with Gasteiger partial charge in [0.2, 0.25) is 0 Å². The minimum atomic E-state index is -0.203. The van der Waals surface area contributed by atoms with Crippen LogP contribution in [0.2, 0.25) is 5.02 Å². The molecule has 1 aliphatic carbocycles. The van der Waals surface area contributed by atoms with E-state index in [0.29, 0.717) is 21.8 Å². The van der Waals surface area contributed by atoms with Crippen molar-refractivity contribution >= 4 is 29.1 Å². The van der Waals surface area contributed by atoms with Gasteiger partial charge in [-0.3, -0.25) is 9.59 Å². The molecule has 2 aromatic rings. The van der Waals surface area contributed by atoms with Crippen molar-refractivity contribution in [2.45, 2.75) is 38.1 Å². The fraction of sp³-hybridized carbons (Fsp3) is 0.333. The van der Waals surface area contributed by atoms with Crippen molar-refractivity contribution in [1.82, 2.24) is 5.32 Å². The Bertz CT molecular complexity index is 800. The summed E-state index contributed by atoms with van der Waals surface area (Å²) < 4.78 is 0. The third-order valence-electron chi connectivity index (χ3n) is 4.83. The molecule has 0 heterocycles. The summed E-state index contributed by atoms with van der Waals surface area (Å²) in [4.78, 5) is 27.1. The van der Waals surface area contributed by atoms with Gasteiger partial charge in [0.15, 0.2) is 0 Å². The van der Waals surface area contributed by atoms with Crippen LogP contribution in [0.3, 0.4) is 0 Å². The number of amides is 2. The predicted molar refractivity (Wildman–Crippen MR) is 105 cm³/mol. The first-order valence-electron chi connectivity index (χ1n) is 9.00. The SMILES string of the molecule is CN(C(=O)c1cccc(Cl)c1)c1ccccc1C(=O)NC1CCCCC1. The van der Waals surface area contributed by atoms with E-state index in [1.165, 1.54) is 11.3 Å². The number of benzene rings is 2. The molecule has 4 nitrogen and oxygen atoms in total. The molecule has 5 heteroatoms. The number of carbonyl (C=O) groups is 2. The largest absolute Gasteiger partial charge is 0.349 e. The number of anilines is 1. The average Bonchev–Trinajstić information content (AvgIpc) is 2.67. The zero-order valence-corrected chi connectivity index (χ0v) is 15.6. The third-order valence-corrected chi connectivity index (χ3v) is 5.06. The van der Waals surface area contributed by atoms with E-state index < -0.39 is 0 Å². The molecule has 0 spiro atoms. The summed E-state index contributed by atoms with van der Waals surface area (Å²) in [6.45, 7) is 0. The van der Waals surface area contributed by atoms with Gasteiger partial charge in [-0.25, -0.2) is 0 Å². The molecule has 0 bridgehead atoms. The highest BCUT2D eigenvalue weighted by Gasteiger charge is 2.22. The summed E-state index contributed by atoms with van der Waals surface area (Å²) in [5, 5.41) is 3.63. The fourth-order valence-corrected chi connectivity index (χ4v) is 3.58. The van der Waals surface area contributed by atoms with Crippen LogP contribution in [0.25, 0.3) is 0 Å². The highest BCUT2D eigenvalue weighted by molar-refractivity contribution is 6.31. The molecule has 0 aromatic heterocycles. The minimum Gasteiger partial charge on any atom is -0.349 e. The van der Waals surface area contributed by atoms with Gasteiger partial charge in [0.25, 0.3) is 11.8 Å². The standard InChI is InChI=1S/C21H23ClN2O2/c1-24(21(26)15-8-7-9-16(22)14-15)19-13-6-5-12-18(19)20(25)23-17-10-3-2-4-11-17/h5-9,12-14,17H,2-4,10-11H2,1H3,(H,23,25). The number of rotatable bonds is 4. The number of hydrogen-bond acceptors (Lipinski definition) is 2. The van der Waals surface area contributed by atoms with E-state index in [-0.39, 0.29) is 17.9 Å². The minimum absolute atomic E-state index is 0.127. The molecule has 0 atom stereocenters. The van der Waals surface area contributed by atoms with E-state index in [0.717, 1.165) is 25.7 Å². The summed E-state index contributed by atoms with van der Waals surface area (Å²) in [6, 6.07) is 14.2. The second kappa shape index (κ2) is 8.37. The Balaban J connectivity index is 1.81. The second-order valence-electron chi connectivity index (χ2n) is 6.70. The second-order valence-corrected chi connectivity index (χ2v) is 7.14. The maximum atomic E-state index is 12.8. The Morgan fingerprint density at radius 1 is 1.04 bits per heavy atom. The molecule has 1 aliphatic rings. The lowest BCUT2D eigenvalue weighted by atomic mass is 9.95. The highest BCUT2D eigenvalue weighted by atomic mass is 35.5. The van der Waals surface area contributed by atoms with E-state index in [4.69, 9.17) is 11.6 Å². The molecule has 1 saturated carbocycles. The Hall–Kier alpha value is -2.33. The first kappa shape index (κ1) is 18.5. The van der Waals surface area contributed by atoms with Gasteiger partial charge in [-0.1, -0.05) is 49.1 Å². The third kappa shape index (κ3) is 4.25. The number of halogens is 1. The van der Waals surface area contributed by atoms with Gasteiger partial charge < -0.3 is 10.2 Å². The van der Waals surface area contributed by atoms with Crippen molar-refractivity contribution in [3.8, 4) is 0 Å². The van der Waals surface area contributed by atoms with E-state index in [1.54, 1.807) is 43.4 Å². The molecular formula is C21H23ClN2O2. The van der Waals surface area contributed by atoms with Gasteiger partial charge in [0.1, 0.15) is 0 Å². The lowest BCUT2D eigenvalue weighted by molar-refractivity contribution is 0.0928. The van der Waals surface area contributed by atoms with Crippen LogP contribution in [0, 0.1) is 0 Å². The quantitative estimate of drug-likeness (QED) is 0.849. The Morgan fingerprint density at radius 2 is 1.77 bits per heavy atom. The van der Waals surface area contributed by atoms with Crippen molar-refractivity contribution in [2.24, 2.45) is 0 Å². The van der Waals surface area contributed by atoms with Crippen molar-refractivity contribution in [2.75, 3.05) is 11.9 Å². The maximum Gasteiger partial charge on any atom is 0.258 e. The van der Waals surface area contributed by atoms with Crippen molar-refractivity contribution < 1.29 is 9.59 Å². The monoisotopic (exact) mass is 370 g/mol. The van der Waals surface area contributed by atoms with Crippen LogP contribution in [0.15, 0.2) is 48.5 Å². The van der Waals surface area contributed by atoms with E-state index >= 15 is 0 Å². The van der Waals surface area contributed by atoms with Crippen molar-refractivity contribution in [3.05, 3.63) is 64.7 Å². The molecule has 1 N–H and O–H groups in total. The predicted octanol–water partition coefficient (Wildman–Crippen LogP) is 4.68. The number of para-hydroxylation sites is 1. The zero-order chi connectivity index (χ0) is 18.5. The number of carbonyl (C=O) groups excluding carboxylic acids is 2. The van der Waals surface area contributed by atoms with Crippen LogP contribution in [0.5, 0.6) is 0 Å². The van der Waals surface area contributed by atoms with Gasteiger partial charge >= 0.3 is 0 Å². The van der Waals surface area contributed by atoms with Crippen molar-refractivity contribution in [3.63, 3.8) is 0 Å². The summed E-state index contributed by atoms with van der Waals surface area (Å²) in [5.41, 5.74) is 1.59. The molecule has 3 rings (SSSR count). The van der Waals surface area contributed by atoms with Crippen LogP contribution >= 0.6 is 11.6 Å². The fourth-order valence-electron chi connectivity index (χ4n) is 3.39. The van der Waals surface area contributed by atoms with Gasteiger partial charge in [0.05, 0.1) is 11.3 Å². The molecule has 0 radical (unpaired) electrons. The first-order chi connectivity index (χ1) is 12.6. The van der Waals surface area contributed by atoms with E-state index in [9.17, 15) is 9.59 Å². The summed E-state index contributed by atoms with van der Waals surface area (Å²) in [5.74, 6) is -0.330. The number of nitrogens with zero attached hydrogens (tertiary/aromatic N) is 1. The van der Waals surface area contributed by atoms with Gasteiger partial charge in [-0.05, 0) is 43.2 Å². The van der Waals surface area contributed by atoms with Crippen LogP contribution in [0.1, 0.15) is 52.8 Å². The molecule has 0 unspecified atom stereocenters. The Kier molecular flexibility index (Phi) is 5.94. The number of hydrogen-bond donors (Lipinski definition) is 1. The number of nitrogens with one attached hydrogen (secondary N) is 1. The van der Waals surface area contributed by atoms with Crippen LogP contribution in [0.4, 0.5) is 5.69 Å². The Labute approximate surface area is 159 Å².